The Hall–Kier alpha value is -2.63. The molecule has 6 heteroatoms. The highest BCUT2D eigenvalue weighted by molar-refractivity contribution is 5.78. The largest absolute Gasteiger partial charge is 0.342 e. The summed E-state index contributed by atoms with van der Waals surface area (Å²) in [7, 11) is 0. The summed E-state index contributed by atoms with van der Waals surface area (Å²) in [6.07, 6.45) is 11.4. The van der Waals surface area contributed by atoms with Gasteiger partial charge in [0.1, 0.15) is 5.65 Å². The van der Waals surface area contributed by atoms with Crippen LogP contribution in [0.1, 0.15) is 30.5 Å². The molecule has 0 radical (unpaired) electrons. The van der Waals surface area contributed by atoms with Crippen molar-refractivity contribution >= 4 is 11.6 Å². The van der Waals surface area contributed by atoms with E-state index in [0.29, 0.717) is 12.3 Å². The van der Waals surface area contributed by atoms with Gasteiger partial charge in [0.25, 0.3) is 0 Å². The summed E-state index contributed by atoms with van der Waals surface area (Å²) in [6.45, 7) is 4.73. The van der Waals surface area contributed by atoms with Crippen LogP contribution in [0.5, 0.6) is 0 Å². The summed E-state index contributed by atoms with van der Waals surface area (Å²) < 4.78 is 4.02. The van der Waals surface area contributed by atoms with Crippen molar-refractivity contribution in [1.29, 1.82) is 0 Å². The molecule has 0 bridgehead atoms. The Kier molecular flexibility index (Phi) is 4.73. The molecule has 136 valence electrons. The number of amides is 1. The first-order valence-corrected chi connectivity index (χ1v) is 9.37. The number of hydrogen-bond acceptors (Lipinski definition) is 3. The Balaban J connectivity index is 1.31. The van der Waals surface area contributed by atoms with E-state index in [-0.39, 0.29) is 5.91 Å². The molecule has 0 unspecified atom stereocenters. The van der Waals surface area contributed by atoms with Crippen LogP contribution in [0.4, 0.5) is 0 Å². The molecule has 0 aromatic carbocycles. The van der Waals surface area contributed by atoms with E-state index in [1.54, 1.807) is 0 Å². The highest BCUT2D eigenvalue weighted by Gasteiger charge is 2.23. The van der Waals surface area contributed by atoms with E-state index >= 15 is 0 Å². The third kappa shape index (κ3) is 3.49. The lowest BCUT2D eigenvalue weighted by molar-refractivity contribution is -0.131. The van der Waals surface area contributed by atoms with Gasteiger partial charge in [-0.15, -0.1) is 0 Å². The summed E-state index contributed by atoms with van der Waals surface area (Å²) in [5, 5.41) is 4.26. The van der Waals surface area contributed by atoms with Gasteiger partial charge < -0.3 is 9.30 Å². The number of carbonyl (C=O) groups excluding carboxylic acids is 1. The minimum Gasteiger partial charge on any atom is -0.342 e. The number of nitrogens with zero attached hydrogens (tertiary/aromatic N) is 5. The van der Waals surface area contributed by atoms with Crippen LogP contribution in [-0.4, -0.2) is 43.1 Å². The van der Waals surface area contributed by atoms with Crippen molar-refractivity contribution in [1.82, 2.24) is 24.1 Å². The third-order valence-electron chi connectivity index (χ3n) is 5.43. The number of imidazole rings is 1. The molecule has 1 aliphatic heterocycles. The Morgan fingerprint density at radius 3 is 2.85 bits per heavy atom. The number of hydrogen-bond donors (Lipinski definition) is 0. The van der Waals surface area contributed by atoms with Crippen molar-refractivity contribution < 1.29 is 4.79 Å². The second-order valence-electron chi connectivity index (χ2n) is 7.19. The average molecular weight is 351 g/mol. The van der Waals surface area contributed by atoms with Gasteiger partial charge in [0.05, 0.1) is 12.1 Å². The molecule has 0 atom stereocenters. The molecule has 26 heavy (non-hydrogen) atoms. The van der Waals surface area contributed by atoms with E-state index in [4.69, 9.17) is 0 Å². The summed E-state index contributed by atoms with van der Waals surface area (Å²) in [5.41, 5.74) is 3.03. The Labute approximate surface area is 153 Å². The number of aryl methyl sites for hydroxylation is 2. The normalized spacial score (nSPS) is 15.7. The zero-order valence-electron chi connectivity index (χ0n) is 15.2. The van der Waals surface area contributed by atoms with Gasteiger partial charge in [-0.25, -0.2) is 4.98 Å². The average Bonchev–Trinajstić information content (AvgIpc) is 3.31. The van der Waals surface area contributed by atoms with Crippen molar-refractivity contribution in [3.63, 3.8) is 0 Å². The molecular formula is C20H25N5O. The quantitative estimate of drug-likeness (QED) is 0.710. The molecule has 4 rings (SSSR count). The maximum Gasteiger partial charge on any atom is 0.228 e. The molecule has 0 N–H and O–H groups in total. The zero-order chi connectivity index (χ0) is 17.9. The van der Waals surface area contributed by atoms with Gasteiger partial charge in [0, 0.05) is 44.4 Å². The van der Waals surface area contributed by atoms with Gasteiger partial charge in [-0.05, 0) is 49.8 Å². The summed E-state index contributed by atoms with van der Waals surface area (Å²) in [5.74, 6) is 0.889. The minimum atomic E-state index is 0.207. The molecule has 1 fully saturated rings. The van der Waals surface area contributed by atoms with Gasteiger partial charge in [0.2, 0.25) is 5.91 Å². The molecule has 3 aromatic rings. The standard InChI is InChI=1S/C20H25N5O/c1-16-4-2-10-25-18(15-21-20(16)25)14-19(26)23-11-5-17(6-12-23)7-13-24-9-3-8-22-24/h2-4,8-10,15,17H,5-7,11-14H2,1H3. The smallest absolute Gasteiger partial charge is 0.228 e. The molecule has 0 saturated carbocycles. The third-order valence-corrected chi connectivity index (χ3v) is 5.43. The van der Waals surface area contributed by atoms with E-state index in [1.807, 2.05) is 63.9 Å². The Bertz CT molecular complexity index is 875. The summed E-state index contributed by atoms with van der Waals surface area (Å²) >= 11 is 0. The first-order chi connectivity index (χ1) is 12.7. The van der Waals surface area contributed by atoms with Crippen LogP contribution in [0, 0.1) is 12.8 Å². The molecule has 0 aliphatic carbocycles. The topological polar surface area (TPSA) is 55.4 Å². The first-order valence-electron chi connectivity index (χ1n) is 9.37. The molecule has 3 aromatic heterocycles. The predicted molar refractivity (Wildman–Crippen MR) is 99.8 cm³/mol. The molecule has 0 spiro atoms. The second-order valence-corrected chi connectivity index (χ2v) is 7.19. The van der Waals surface area contributed by atoms with Crippen molar-refractivity contribution in [3.8, 4) is 0 Å². The Morgan fingerprint density at radius 1 is 1.23 bits per heavy atom. The molecule has 1 saturated heterocycles. The van der Waals surface area contributed by atoms with Crippen LogP contribution in [0.25, 0.3) is 5.65 Å². The number of carbonyl (C=O) groups is 1. The van der Waals surface area contributed by atoms with Crippen LogP contribution in [0.15, 0.2) is 43.0 Å². The first kappa shape index (κ1) is 16.8. The zero-order valence-corrected chi connectivity index (χ0v) is 15.2. The fourth-order valence-electron chi connectivity index (χ4n) is 3.82. The SMILES string of the molecule is Cc1cccn2c(CC(=O)N3CCC(CCn4cccn4)CC3)cnc12. The molecule has 6 nitrogen and oxygen atoms in total. The van der Waals surface area contributed by atoms with E-state index in [1.165, 1.54) is 0 Å². The predicted octanol–water partition coefficient (Wildman–Crippen LogP) is 2.71. The van der Waals surface area contributed by atoms with Crippen molar-refractivity contribution in [2.24, 2.45) is 5.92 Å². The molecule has 1 amide bonds. The van der Waals surface area contributed by atoms with Gasteiger partial charge in [-0.1, -0.05) is 6.07 Å². The highest BCUT2D eigenvalue weighted by atomic mass is 16.2. The highest BCUT2D eigenvalue weighted by Crippen LogP contribution is 2.22. The van der Waals surface area contributed by atoms with Crippen LogP contribution >= 0.6 is 0 Å². The van der Waals surface area contributed by atoms with Gasteiger partial charge in [-0.3, -0.25) is 9.48 Å². The van der Waals surface area contributed by atoms with Gasteiger partial charge >= 0.3 is 0 Å². The Morgan fingerprint density at radius 2 is 2.08 bits per heavy atom. The van der Waals surface area contributed by atoms with Crippen molar-refractivity contribution in [2.75, 3.05) is 13.1 Å². The second kappa shape index (κ2) is 7.32. The molecular weight excluding hydrogens is 326 g/mol. The number of fused-ring (bicyclic) bond motifs is 1. The van der Waals surface area contributed by atoms with Crippen LogP contribution in [-0.2, 0) is 17.8 Å². The van der Waals surface area contributed by atoms with Gasteiger partial charge in [-0.2, -0.15) is 5.10 Å². The van der Waals surface area contributed by atoms with Crippen LogP contribution in [0.2, 0.25) is 0 Å². The lowest BCUT2D eigenvalue weighted by Gasteiger charge is -2.32. The maximum atomic E-state index is 12.7. The fourth-order valence-corrected chi connectivity index (χ4v) is 3.82. The number of pyridine rings is 1. The van der Waals surface area contributed by atoms with Gasteiger partial charge in [0.15, 0.2) is 0 Å². The van der Waals surface area contributed by atoms with E-state index in [2.05, 4.69) is 10.1 Å². The fraction of sp³-hybridized carbons (Fsp3) is 0.450. The minimum absolute atomic E-state index is 0.207. The summed E-state index contributed by atoms with van der Waals surface area (Å²) in [4.78, 5) is 19.2. The number of piperidine rings is 1. The molecule has 1 aliphatic rings. The summed E-state index contributed by atoms with van der Waals surface area (Å²) in [6, 6.07) is 6.01. The number of rotatable bonds is 5. The number of likely N-dealkylation sites (tertiary alicyclic amines) is 1. The van der Waals surface area contributed by atoms with Crippen LogP contribution in [0.3, 0.4) is 0 Å². The lowest BCUT2D eigenvalue weighted by atomic mass is 9.93. The van der Waals surface area contributed by atoms with Crippen molar-refractivity contribution in [2.45, 2.75) is 39.2 Å². The molecule has 4 heterocycles. The monoisotopic (exact) mass is 351 g/mol. The maximum absolute atomic E-state index is 12.7. The lowest BCUT2D eigenvalue weighted by Crippen LogP contribution is -2.39. The van der Waals surface area contributed by atoms with E-state index in [9.17, 15) is 4.79 Å². The van der Waals surface area contributed by atoms with Crippen molar-refractivity contribution in [3.05, 3.63) is 54.2 Å². The number of aromatic nitrogens is 4. The van der Waals surface area contributed by atoms with E-state index in [0.717, 1.165) is 55.8 Å². The van der Waals surface area contributed by atoms with E-state index < -0.39 is 0 Å². The van der Waals surface area contributed by atoms with Crippen LogP contribution < -0.4 is 0 Å².